The van der Waals surface area contributed by atoms with Gasteiger partial charge in [-0.15, -0.1) is 13.2 Å². The second-order valence-corrected chi connectivity index (χ2v) is 3.81. The molecule has 16 heavy (non-hydrogen) atoms. The van der Waals surface area contributed by atoms with E-state index in [4.69, 9.17) is 5.11 Å². The Hall–Kier alpha value is -1.23. The summed E-state index contributed by atoms with van der Waals surface area (Å²) >= 11 is 0. The molecule has 1 saturated carbocycles. The Bertz CT molecular complexity index is 383. The van der Waals surface area contributed by atoms with E-state index in [2.05, 4.69) is 4.74 Å². The van der Waals surface area contributed by atoms with E-state index in [-0.39, 0.29) is 18.3 Å². The van der Waals surface area contributed by atoms with Gasteiger partial charge in [-0.25, -0.2) is 0 Å². The van der Waals surface area contributed by atoms with Crippen molar-refractivity contribution in [1.29, 1.82) is 0 Å². The third kappa shape index (κ3) is 2.47. The highest BCUT2D eigenvalue weighted by molar-refractivity contribution is 5.44. The molecule has 1 aliphatic carbocycles. The predicted octanol–water partition coefficient (Wildman–Crippen LogP) is 2.95. The van der Waals surface area contributed by atoms with Crippen molar-refractivity contribution in [2.75, 3.05) is 0 Å². The highest BCUT2D eigenvalue weighted by Crippen LogP contribution is 2.46. The molecule has 0 bridgehead atoms. The van der Waals surface area contributed by atoms with Crippen LogP contribution in [0.1, 0.15) is 29.9 Å². The fourth-order valence-corrected chi connectivity index (χ4v) is 1.78. The van der Waals surface area contributed by atoms with E-state index in [0.29, 0.717) is 11.1 Å². The molecule has 0 amide bonds. The van der Waals surface area contributed by atoms with E-state index in [1.807, 2.05) is 0 Å². The molecule has 88 valence electrons. The summed E-state index contributed by atoms with van der Waals surface area (Å²) in [6.45, 7) is -0.263. The molecule has 0 atom stereocenters. The van der Waals surface area contributed by atoms with Gasteiger partial charge < -0.3 is 9.84 Å². The summed E-state index contributed by atoms with van der Waals surface area (Å²) in [7, 11) is 0. The largest absolute Gasteiger partial charge is 0.573 e. The van der Waals surface area contributed by atoms with Gasteiger partial charge in [0.25, 0.3) is 0 Å². The van der Waals surface area contributed by atoms with Gasteiger partial charge in [-0.2, -0.15) is 0 Å². The minimum absolute atomic E-state index is 0.0979. The average Bonchev–Trinajstić information content (AvgIpc) is 2.98. The Kier molecular flexibility index (Phi) is 2.80. The Morgan fingerprint density at radius 3 is 2.50 bits per heavy atom. The van der Waals surface area contributed by atoms with Crippen LogP contribution < -0.4 is 4.74 Å². The first kappa shape index (κ1) is 11.3. The number of alkyl halides is 3. The summed E-state index contributed by atoms with van der Waals surface area (Å²) in [6, 6.07) is 4.37. The van der Waals surface area contributed by atoms with Crippen LogP contribution in [0.2, 0.25) is 0 Å². The lowest BCUT2D eigenvalue weighted by molar-refractivity contribution is -0.274. The molecule has 0 aromatic heterocycles. The van der Waals surface area contributed by atoms with Crippen molar-refractivity contribution < 1.29 is 23.0 Å². The summed E-state index contributed by atoms with van der Waals surface area (Å²) in [4.78, 5) is 0. The van der Waals surface area contributed by atoms with Crippen LogP contribution in [0.15, 0.2) is 18.2 Å². The van der Waals surface area contributed by atoms with Crippen molar-refractivity contribution in [1.82, 2.24) is 0 Å². The van der Waals surface area contributed by atoms with Gasteiger partial charge in [0.1, 0.15) is 5.75 Å². The van der Waals surface area contributed by atoms with Gasteiger partial charge in [0.05, 0.1) is 6.61 Å². The normalized spacial score (nSPS) is 16.2. The molecule has 0 radical (unpaired) electrons. The van der Waals surface area contributed by atoms with Gasteiger partial charge in [-0.1, -0.05) is 12.1 Å². The topological polar surface area (TPSA) is 29.5 Å². The van der Waals surface area contributed by atoms with Crippen molar-refractivity contribution >= 4 is 0 Å². The Morgan fingerprint density at radius 2 is 2.00 bits per heavy atom. The van der Waals surface area contributed by atoms with E-state index < -0.39 is 6.36 Å². The average molecular weight is 232 g/mol. The number of hydrogen-bond acceptors (Lipinski definition) is 2. The fraction of sp³-hybridized carbons (Fsp3) is 0.455. The van der Waals surface area contributed by atoms with Crippen molar-refractivity contribution in [3.05, 3.63) is 29.3 Å². The third-order valence-electron chi connectivity index (χ3n) is 2.54. The van der Waals surface area contributed by atoms with E-state index in [9.17, 15) is 13.2 Å². The molecule has 1 fully saturated rings. The molecule has 1 aromatic rings. The summed E-state index contributed by atoms with van der Waals surface area (Å²) < 4.78 is 40.4. The van der Waals surface area contributed by atoms with E-state index in [1.165, 1.54) is 12.1 Å². The van der Waals surface area contributed by atoms with Crippen LogP contribution >= 0.6 is 0 Å². The summed E-state index contributed by atoms with van der Waals surface area (Å²) in [5.74, 6) is -0.0812. The van der Waals surface area contributed by atoms with Gasteiger partial charge in [0.15, 0.2) is 0 Å². The monoisotopic (exact) mass is 232 g/mol. The predicted molar refractivity (Wildman–Crippen MR) is 51.0 cm³/mol. The first-order valence-electron chi connectivity index (χ1n) is 4.99. The molecule has 0 saturated heterocycles. The minimum atomic E-state index is -4.68. The van der Waals surface area contributed by atoms with Crippen LogP contribution in [0.4, 0.5) is 13.2 Å². The molecule has 1 aliphatic rings. The van der Waals surface area contributed by atoms with Gasteiger partial charge in [0.2, 0.25) is 0 Å². The number of hydrogen-bond donors (Lipinski definition) is 1. The molecule has 1 N–H and O–H groups in total. The van der Waals surface area contributed by atoms with Crippen molar-refractivity contribution in [3.63, 3.8) is 0 Å². The lowest BCUT2D eigenvalue weighted by Crippen LogP contribution is -2.18. The Balaban J connectivity index is 2.35. The number of benzene rings is 1. The molecule has 0 unspecified atom stereocenters. The highest BCUT2D eigenvalue weighted by atomic mass is 19.4. The first-order chi connectivity index (χ1) is 7.51. The van der Waals surface area contributed by atoms with Crippen LogP contribution in [0.25, 0.3) is 0 Å². The quantitative estimate of drug-likeness (QED) is 0.868. The van der Waals surface area contributed by atoms with E-state index >= 15 is 0 Å². The maximum Gasteiger partial charge on any atom is 0.573 e. The number of rotatable bonds is 3. The number of aliphatic hydroxyl groups excluding tert-OH is 1. The van der Waals surface area contributed by atoms with Crippen molar-refractivity contribution in [2.24, 2.45) is 0 Å². The Morgan fingerprint density at radius 1 is 1.31 bits per heavy atom. The maximum absolute atomic E-state index is 12.2. The van der Waals surface area contributed by atoms with E-state index in [1.54, 1.807) is 6.07 Å². The Labute approximate surface area is 90.7 Å². The molecular formula is C11H11F3O2. The molecule has 0 aliphatic heterocycles. The zero-order chi connectivity index (χ0) is 11.8. The third-order valence-corrected chi connectivity index (χ3v) is 2.54. The lowest BCUT2D eigenvalue weighted by Gasteiger charge is -2.15. The van der Waals surface area contributed by atoms with Gasteiger partial charge in [-0.3, -0.25) is 0 Å². The molecule has 2 nitrogen and oxygen atoms in total. The van der Waals surface area contributed by atoms with Gasteiger partial charge in [-0.05, 0) is 30.4 Å². The minimum Gasteiger partial charge on any atom is -0.405 e. The van der Waals surface area contributed by atoms with Crippen molar-refractivity contribution in [2.45, 2.75) is 31.7 Å². The number of ether oxygens (including phenoxy) is 1. The zero-order valence-corrected chi connectivity index (χ0v) is 8.42. The van der Waals surface area contributed by atoms with Crippen molar-refractivity contribution in [3.8, 4) is 5.75 Å². The molecular weight excluding hydrogens is 221 g/mol. The fourth-order valence-electron chi connectivity index (χ4n) is 1.78. The van der Waals surface area contributed by atoms with Crippen LogP contribution in [0.3, 0.4) is 0 Å². The SMILES string of the molecule is OCc1cccc(OC(F)(F)F)c1C1CC1. The molecule has 1 aromatic carbocycles. The van der Waals surface area contributed by atoms with Gasteiger partial charge >= 0.3 is 6.36 Å². The molecule has 0 spiro atoms. The second kappa shape index (κ2) is 3.97. The lowest BCUT2D eigenvalue weighted by atomic mass is 10.0. The first-order valence-corrected chi connectivity index (χ1v) is 4.99. The summed E-state index contributed by atoms with van der Waals surface area (Å²) in [5, 5.41) is 9.08. The molecule has 0 heterocycles. The zero-order valence-electron chi connectivity index (χ0n) is 8.42. The standard InChI is InChI=1S/C11H11F3O2/c12-11(13,14)16-9-3-1-2-8(6-15)10(9)7-4-5-7/h1-3,7,15H,4-6H2. The molecule has 5 heteroatoms. The highest BCUT2D eigenvalue weighted by Gasteiger charge is 2.35. The van der Waals surface area contributed by atoms with Crippen LogP contribution in [0, 0.1) is 0 Å². The van der Waals surface area contributed by atoms with E-state index in [0.717, 1.165) is 12.8 Å². The summed E-state index contributed by atoms with van der Waals surface area (Å²) in [6.07, 6.45) is -2.98. The second-order valence-electron chi connectivity index (χ2n) is 3.81. The summed E-state index contributed by atoms with van der Waals surface area (Å²) in [5.41, 5.74) is 1.02. The number of aliphatic hydroxyl groups is 1. The maximum atomic E-state index is 12.2. The molecule has 2 rings (SSSR count). The number of halogens is 3. The van der Waals surface area contributed by atoms with Crippen LogP contribution in [-0.2, 0) is 6.61 Å². The van der Waals surface area contributed by atoms with Gasteiger partial charge in [0, 0.05) is 5.56 Å². The van der Waals surface area contributed by atoms with Crippen LogP contribution in [-0.4, -0.2) is 11.5 Å². The van der Waals surface area contributed by atoms with Crippen LogP contribution in [0.5, 0.6) is 5.75 Å². The smallest absolute Gasteiger partial charge is 0.405 e.